The largest absolute Gasteiger partial charge is 0.452 e. The van der Waals surface area contributed by atoms with Crippen LogP contribution >= 0.6 is 0 Å². The van der Waals surface area contributed by atoms with Crippen LogP contribution in [0.5, 0.6) is 0 Å². The Labute approximate surface area is 297 Å². The normalized spacial score (nSPS) is 12.6. The first kappa shape index (κ1) is 26.9. The second-order valence-corrected chi connectivity index (χ2v) is 14.3. The molecular weight excluding hydrogens is 633 g/mol. The van der Waals surface area contributed by atoms with Crippen molar-refractivity contribution in [3.05, 3.63) is 158 Å². The lowest BCUT2D eigenvalue weighted by molar-refractivity contribution is 0.633. The Morgan fingerprint density at radius 1 is 0.250 bits per heavy atom. The minimum absolute atomic E-state index is 0.793. The van der Waals surface area contributed by atoms with Gasteiger partial charge in [0.25, 0.3) is 0 Å². The molecule has 0 radical (unpaired) electrons. The van der Waals surface area contributed by atoms with E-state index in [1.807, 2.05) is 0 Å². The number of fused-ring (bicyclic) bond motifs is 13. The first-order chi connectivity index (χ1) is 25.8. The van der Waals surface area contributed by atoms with Gasteiger partial charge in [0.05, 0.1) is 0 Å². The van der Waals surface area contributed by atoms with Gasteiger partial charge >= 0.3 is 0 Å². The van der Waals surface area contributed by atoms with Crippen LogP contribution in [0.1, 0.15) is 0 Å². The first-order valence-corrected chi connectivity index (χ1v) is 17.9. The average molecular weight is 659 g/mol. The molecule has 0 fully saturated rings. The first-order valence-electron chi connectivity index (χ1n) is 17.9. The van der Waals surface area contributed by atoms with Crippen molar-refractivity contribution in [1.82, 2.24) is 0 Å². The zero-order chi connectivity index (χ0) is 33.7. The Morgan fingerprint density at radius 2 is 0.635 bits per heavy atom. The summed E-state index contributed by atoms with van der Waals surface area (Å²) >= 11 is 0. The Bertz CT molecular complexity index is 3120. The third-order valence-electron chi connectivity index (χ3n) is 11.8. The van der Waals surface area contributed by atoms with Crippen LogP contribution in [0.15, 0.2) is 167 Å². The zero-order valence-electron chi connectivity index (χ0n) is 27.8. The molecule has 0 N–H and O–H groups in total. The summed E-state index contributed by atoms with van der Waals surface area (Å²) in [6.07, 6.45) is 0. The summed E-state index contributed by atoms with van der Waals surface area (Å²) in [6, 6.07) is 57.6. The third-order valence-corrected chi connectivity index (χ3v) is 11.8. The van der Waals surface area contributed by atoms with E-state index < -0.39 is 0 Å². The highest BCUT2D eigenvalue weighted by atomic mass is 16.4. The fourth-order valence-electron chi connectivity index (χ4n) is 9.52. The van der Waals surface area contributed by atoms with Gasteiger partial charge in [0.2, 0.25) is 0 Å². The molecule has 13 rings (SSSR count). The van der Waals surface area contributed by atoms with E-state index in [4.69, 9.17) is 8.83 Å². The molecule has 0 aliphatic heterocycles. The summed E-state index contributed by atoms with van der Waals surface area (Å²) in [7, 11) is 0. The van der Waals surface area contributed by atoms with Crippen LogP contribution < -0.4 is 0 Å². The molecular formula is C50H26O2. The second kappa shape index (κ2) is 9.45. The van der Waals surface area contributed by atoms with Crippen molar-refractivity contribution in [2.45, 2.75) is 0 Å². The fraction of sp³-hybridized carbons (Fsp3) is 0. The molecule has 2 aliphatic rings. The van der Waals surface area contributed by atoms with Gasteiger partial charge in [-0.15, -0.1) is 0 Å². The maximum atomic E-state index is 6.61. The minimum Gasteiger partial charge on any atom is -0.452 e. The van der Waals surface area contributed by atoms with Gasteiger partial charge in [0.1, 0.15) is 11.2 Å². The molecule has 2 aromatic heterocycles. The molecule has 2 nitrogen and oxygen atoms in total. The Hall–Kier alpha value is -6.90. The van der Waals surface area contributed by atoms with Crippen LogP contribution in [0.4, 0.5) is 0 Å². The van der Waals surface area contributed by atoms with Gasteiger partial charge < -0.3 is 8.83 Å². The van der Waals surface area contributed by atoms with Crippen LogP contribution in [0.25, 0.3) is 132 Å². The van der Waals surface area contributed by atoms with E-state index in [1.54, 1.807) is 0 Å². The van der Waals surface area contributed by atoms with Crippen LogP contribution in [0.3, 0.4) is 0 Å². The highest BCUT2D eigenvalue weighted by molar-refractivity contribution is 6.23. The third kappa shape index (κ3) is 3.30. The quantitative estimate of drug-likeness (QED) is 0.185. The predicted octanol–water partition coefficient (Wildman–Crippen LogP) is 14.4. The molecule has 0 saturated heterocycles. The summed E-state index contributed by atoms with van der Waals surface area (Å²) < 4.78 is 13.2. The molecule has 2 heterocycles. The molecule has 0 unspecified atom stereocenters. The molecule has 0 bridgehead atoms. The minimum atomic E-state index is 0.793. The van der Waals surface area contributed by atoms with Crippen molar-refractivity contribution < 1.29 is 8.83 Å². The van der Waals surface area contributed by atoms with Crippen molar-refractivity contribution in [2.24, 2.45) is 0 Å². The second-order valence-electron chi connectivity index (χ2n) is 14.3. The van der Waals surface area contributed by atoms with E-state index in [0.29, 0.717) is 0 Å². The van der Waals surface area contributed by atoms with E-state index in [1.165, 1.54) is 88.3 Å². The molecule has 9 aromatic carbocycles. The van der Waals surface area contributed by atoms with Crippen molar-refractivity contribution in [1.29, 1.82) is 0 Å². The summed E-state index contributed by atoms with van der Waals surface area (Å²) in [5, 5.41) is 9.54. The molecule has 2 aliphatic carbocycles. The van der Waals surface area contributed by atoms with Crippen LogP contribution in [-0.4, -0.2) is 0 Å². The highest BCUT2D eigenvalue weighted by Crippen LogP contribution is 2.51. The average Bonchev–Trinajstić information content (AvgIpc) is 3.95. The SMILES string of the molecule is c1ccc2c(c1)-c1cccc3c(-c4ccc5oc6c(ccc7c8cc(-c9ccc%10c%11c(cccc9%11)-c9ccccc9-%10)ccc8oc76)c5c4)ccc-2c13. The number of benzene rings is 9. The van der Waals surface area contributed by atoms with Gasteiger partial charge in [0, 0.05) is 21.5 Å². The number of hydrogen-bond acceptors (Lipinski definition) is 2. The lowest BCUT2D eigenvalue weighted by atomic mass is 9.93. The molecule has 2 heteroatoms. The predicted molar refractivity (Wildman–Crippen MR) is 216 cm³/mol. The number of hydrogen-bond donors (Lipinski definition) is 0. The number of rotatable bonds is 2. The van der Waals surface area contributed by atoms with Gasteiger partial charge in [-0.05, 0) is 125 Å². The van der Waals surface area contributed by atoms with Crippen molar-refractivity contribution in [3.63, 3.8) is 0 Å². The number of furan rings is 2. The van der Waals surface area contributed by atoms with E-state index in [-0.39, 0.29) is 0 Å². The van der Waals surface area contributed by atoms with Crippen molar-refractivity contribution in [2.75, 3.05) is 0 Å². The summed E-state index contributed by atoms with van der Waals surface area (Å²) in [6.45, 7) is 0. The molecule has 0 atom stereocenters. The zero-order valence-corrected chi connectivity index (χ0v) is 27.8. The lowest BCUT2D eigenvalue weighted by Gasteiger charge is -2.10. The van der Waals surface area contributed by atoms with Gasteiger partial charge in [-0.3, -0.25) is 0 Å². The molecule has 0 amide bonds. The summed E-state index contributed by atoms with van der Waals surface area (Å²) in [4.78, 5) is 0. The van der Waals surface area contributed by atoms with E-state index in [9.17, 15) is 0 Å². The van der Waals surface area contributed by atoms with E-state index >= 15 is 0 Å². The van der Waals surface area contributed by atoms with Gasteiger partial charge in [0.15, 0.2) is 11.2 Å². The van der Waals surface area contributed by atoms with Gasteiger partial charge in [-0.1, -0.05) is 121 Å². The van der Waals surface area contributed by atoms with Crippen LogP contribution in [0.2, 0.25) is 0 Å². The lowest BCUT2D eigenvalue weighted by Crippen LogP contribution is -1.83. The maximum absolute atomic E-state index is 6.61. The standard InChI is InChI=1S/C50H26O2/c1-3-9-33-31(7-1)37-13-5-11-35-29(17-19-39(33)47(35)37)27-15-23-45-43(25-27)41-21-22-42-44-26-28(16-24-46(44)52-50(42)49(41)51-45)30-18-20-40-34-10-4-2-8-32(34)38-14-6-12-36(30)48(38)40/h1-26H. The summed E-state index contributed by atoms with van der Waals surface area (Å²) in [5.41, 5.74) is 18.6. The van der Waals surface area contributed by atoms with Crippen LogP contribution in [-0.2, 0) is 0 Å². The molecule has 11 aromatic rings. The Kier molecular flexibility index (Phi) is 4.89. The van der Waals surface area contributed by atoms with Crippen molar-refractivity contribution in [3.8, 4) is 66.8 Å². The maximum Gasteiger partial charge on any atom is 0.178 e. The van der Waals surface area contributed by atoms with E-state index in [0.717, 1.165) is 43.9 Å². The Balaban J connectivity index is 0.964. The molecule has 0 saturated carbocycles. The van der Waals surface area contributed by atoms with Gasteiger partial charge in [-0.2, -0.15) is 0 Å². The van der Waals surface area contributed by atoms with Gasteiger partial charge in [-0.25, -0.2) is 0 Å². The summed E-state index contributed by atoms with van der Waals surface area (Å²) in [5.74, 6) is 0. The molecule has 238 valence electrons. The highest BCUT2D eigenvalue weighted by Gasteiger charge is 2.25. The smallest absolute Gasteiger partial charge is 0.178 e. The fourth-order valence-corrected chi connectivity index (χ4v) is 9.52. The molecule has 52 heavy (non-hydrogen) atoms. The monoisotopic (exact) mass is 658 g/mol. The van der Waals surface area contributed by atoms with E-state index in [2.05, 4.69) is 158 Å². The topological polar surface area (TPSA) is 26.3 Å². The Morgan fingerprint density at radius 3 is 1.08 bits per heavy atom. The van der Waals surface area contributed by atoms with Crippen LogP contribution in [0, 0.1) is 0 Å². The molecule has 0 spiro atoms. The van der Waals surface area contributed by atoms with Crippen molar-refractivity contribution >= 4 is 65.4 Å².